The van der Waals surface area contributed by atoms with Crippen molar-refractivity contribution in [3.63, 3.8) is 0 Å². The van der Waals surface area contributed by atoms with Crippen molar-refractivity contribution in [3.8, 4) is 11.5 Å². The van der Waals surface area contributed by atoms with Crippen molar-refractivity contribution in [3.05, 3.63) is 62.5 Å². The Hall–Kier alpha value is -2.68. The van der Waals surface area contributed by atoms with E-state index in [9.17, 15) is 14.4 Å². The SMILES string of the molecule is CCOc1cc(/C=C2/SC(=O)N([C@H](C)C(=O)OC)C2=O)ccc1OCc1ccc(Cl)c(Cl)c1. The molecular weight excluding hydrogens is 489 g/mol. The number of hydrogen-bond donors (Lipinski definition) is 0. The summed E-state index contributed by atoms with van der Waals surface area (Å²) in [5, 5.41) is 0.370. The number of esters is 1. The van der Waals surface area contributed by atoms with E-state index in [1.54, 1.807) is 36.4 Å². The van der Waals surface area contributed by atoms with Gasteiger partial charge in [0, 0.05) is 0 Å². The van der Waals surface area contributed by atoms with Crippen molar-refractivity contribution < 1.29 is 28.6 Å². The van der Waals surface area contributed by atoms with E-state index in [-0.39, 0.29) is 11.5 Å². The normalized spacial score (nSPS) is 15.7. The van der Waals surface area contributed by atoms with Gasteiger partial charge in [-0.2, -0.15) is 0 Å². The lowest BCUT2D eigenvalue weighted by Gasteiger charge is -2.18. The molecule has 1 saturated heterocycles. The van der Waals surface area contributed by atoms with E-state index in [1.807, 2.05) is 13.0 Å². The molecule has 0 spiro atoms. The first kappa shape index (κ1) is 25.0. The number of methoxy groups -OCH3 is 1. The highest BCUT2D eigenvalue weighted by molar-refractivity contribution is 8.18. The largest absolute Gasteiger partial charge is 0.490 e. The lowest BCUT2D eigenvalue weighted by molar-refractivity contribution is -0.148. The summed E-state index contributed by atoms with van der Waals surface area (Å²) in [6, 6.07) is 9.40. The first-order valence-corrected chi connectivity index (χ1v) is 11.5. The van der Waals surface area contributed by atoms with Gasteiger partial charge in [0.2, 0.25) is 0 Å². The van der Waals surface area contributed by atoms with Gasteiger partial charge in [-0.15, -0.1) is 0 Å². The number of hydrogen-bond acceptors (Lipinski definition) is 7. The third kappa shape index (κ3) is 5.82. The summed E-state index contributed by atoms with van der Waals surface area (Å²) >= 11 is 12.8. The van der Waals surface area contributed by atoms with Crippen LogP contribution in [0, 0.1) is 0 Å². The first-order valence-electron chi connectivity index (χ1n) is 9.93. The van der Waals surface area contributed by atoms with Crippen molar-refractivity contribution in [2.24, 2.45) is 0 Å². The first-order chi connectivity index (χ1) is 15.7. The van der Waals surface area contributed by atoms with Gasteiger partial charge in [0.25, 0.3) is 11.1 Å². The van der Waals surface area contributed by atoms with Gasteiger partial charge in [-0.25, -0.2) is 4.79 Å². The molecule has 2 aromatic carbocycles. The second-order valence-electron chi connectivity index (χ2n) is 6.93. The summed E-state index contributed by atoms with van der Waals surface area (Å²) in [4.78, 5) is 37.8. The fraction of sp³-hybridized carbons (Fsp3) is 0.261. The Morgan fingerprint density at radius 2 is 1.85 bits per heavy atom. The predicted molar refractivity (Wildman–Crippen MR) is 128 cm³/mol. The van der Waals surface area contributed by atoms with Crippen molar-refractivity contribution in [2.75, 3.05) is 13.7 Å². The van der Waals surface area contributed by atoms with Gasteiger partial charge < -0.3 is 14.2 Å². The van der Waals surface area contributed by atoms with Gasteiger partial charge in [0.05, 0.1) is 28.7 Å². The molecule has 0 N–H and O–H groups in total. The summed E-state index contributed by atoms with van der Waals surface area (Å²) < 4.78 is 16.2. The highest BCUT2D eigenvalue weighted by Gasteiger charge is 2.41. The second kappa shape index (κ2) is 11.0. The Morgan fingerprint density at radius 1 is 1.09 bits per heavy atom. The summed E-state index contributed by atoms with van der Waals surface area (Å²) in [6.45, 7) is 3.94. The number of thioether (sulfide) groups is 1. The molecule has 1 heterocycles. The molecule has 0 saturated carbocycles. The second-order valence-corrected chi connectivity index (χ2v) is 8.73. The molecule has 0 aromatic heterocycles. The smallest absolute Gasteiger partial charge is 0.328 e. The topological polar surface area (TPSA) is 82.1 Å². The molecule has 3 rings (SSSR count). The summed E-state index contributed by atoms with van der Waals surface area (Å²) in [6.07, 6.45) is 1.57. The third-order valence-electron chi connectivity index (χ3n) is 4.70. The molecule has 0 bridgehead atoms. The maximum atomic E-state index is 12.7. The molecule has 1 atom stereocenters. The zero-order chi connectivity index (χ0) is 24.1. The van der Waals surface area contributed by atoms with Crippen molar-refractivity contribution in [1.82, 2.24) is 4.90 Å². The summed E-state index contributed by atoms with van der Waals surface area (Å²) in [5.41, 5.74) is 1.47. The van der Waals surface area contributed by atoms with Crippen molar-refractivity contribution in [1.29, 1.82) is 0 Å². The number of nitrogens with zero attached hydrogens (tertiary/aromatic N) is 1. The van der Waals surface area contributed by atoms with Gasteiger partial charge in [0.15, 0.2) is 11.5 Å². The van der Waals surface area contributed by atoms with E-state index < -0.39 is 23.2 Å². The molecule has 2 amide bonds. The minimum Gasteiger partial charge on any atom is -0.490 e. The Kier molecular flexibility index (Phi) is 8.29. The Morgan fingerprint density at radius 3 is 2.52 bits per heavy atom. The molecule has 1 aliphatic heterocycles. The minimum absolute atomic E-state index is 0.197. The fourth-order valence-corrected chi connectivity index (χ4v) is 4.26. The minimum atomic E-state index is -1.01. The monoisotopic (exact) mass is 509 g/mol. The average Bonchev–Trinajstić information content (AvgIpc) is 3.07. The van der Waals surface area contributed by atoms with Gasteiger partial charge in [-0.05, 0) is 67.1 Å². The molecule has 33 heavy (non-hydrogen) atoms. The lowest BCUT2D eigenvalue weighted by Crippen LogP contribution is -2.42. The van der Waals surface area contributed by atoms with Crippen LogP contribution in [0.15, 0.2) is 41.3 Å². The Bertz CT molecular complexity index is 1120. The number of imide groups is 1. The number of carbonyl (C=O) groups excluding carboxylic acids is 3. The molecule has 2 aromatic rings. The van der Waals surface area contributed by atoms with Crippen LogP contribution in [0.4, 0.5) is 4.79 Å². The van der Waals surface area contributed by atoms with Crippen LogP contribution in [-0.2, 0) is 20.9 Å². The van der Waals surface area contributed by atoms with Crippen LogP contribution in [0.3, 0.4) is 0 Å². The maximum Gasteiger partial charge on any atom is 0.328 e. The van der Waals surface area contributed by atoms with Crippen LogP contribution in [0.2, 0.25) is 10.0 Å². The number of carbonyl (C=O) groups is 3. The fourth-order valence-electron chi connectivity index (χ4n) is 3.03. The third-order valence-corrected chi connectivity index (χ3v) is 6.32. The zero-order valence-corrected chi connectivity index (χ0v) is 20.4. The molecule has 0 radical (unpaired) electrons. The summed E-state index contributed by atoms with van der Waals surface area (Å²) in [7, 11) is 1.20. The lowest BCUT2D eigenvalue weighted by atomic mass is 10.1. The van der Waals surface area contributed by atoms with E-state index in [0.29, 0.717) is 33.7 Å². The van der Waals surface area contributed by atoms with E-state index in [4.69, 9.17) is 32.7 Å². The van der Waals surface area contributed by atoms with E-state index in [0.717, 1.165) is 22.2 Å². The Balaban J connectivity index is 1.80. The van der Waals surface area contributed by atoms with Crippen LogP contribution in [0.25, 0.3) is 6.08 Å². The van der Waals surface area contributed by atoms with E-state index >= 15 is 0 Å². The maximum absolute atomic E-state index is 12.7. The van der Waals surface area contributed by atoms with Crippen LogP contribution in [-0.4, -0.2) is 41.8 Å². The Labute approximate surface area is 205 Å². The van der Waals surface area contributed by atoms with Crippen LogP contribution in [0.1, 0.15) is 25.0 Å². The zero-order valence-electron chi connectivity index (χ0n) is 18.1. The van der Waals surface area contributed by atoms with E-state index in [2.05, 4.69) is 4.74 Å². The average molecular weight is 510 g/mol. The van der Waals surface area contributed by atoms with Crippen LogP contribution >= 0.6 is 35.0 Å². The number of amides is 2. The summed E-state index contributed by atoms with van der Waals surface area (Å²) in [5.74, 6) is -0.234. The van der Waals surface area contributed by atoms with Gasteiger partial charge in [-0.1, -0.05) is 35.3 Å². The highest BCUT2D eigenvalue weighted by Crippen LogP contribution is 2.36. The van der Waals surface area contributed by atoms with Crippen molar-refractivity contribution >= 4 is 58.2 Å². The molecule has 174 valence electrons. The molecule has 0 aliphatic carbocycles. The molecule has 10 heteroatoms. The van der Waals surface area contributed by atoms with Gasteiger partial charge in [0.1, 0.15) is 12.6 Å². The molecule has 0 unspecified atom stereocenters. The van der Waals surface area contributed by atoms with E-state index in [1.165, 1.54) is 14.0 Å². The predicted octanol–water partition coefficient (Wildman–Crippen LogP) is 5.57. The standard InChI is InChI=1S/C23H21Cl2NO6S/c1-4-31-19-10-14(6-8-18(19)32-12-15-5-7-16(24)17(25)9-15)11-20-21(27)26(23(29)33-20)13(2)22(28)30-3/h5-11,13H,4,12H2,1-3H3/b20-11+/t13-/m1/s1. The number of ether oxygens (including phenoxy) is 3. The molecule has 1 aliphatic rings. The van der Waals surface area contributed by atoms with Crippen LogP contribution < -0.4 is 9.47 Å². The molecule has 1 fully saturated rings. The quantitative estimate of drug-likeness (QED) is 0.339. The number of benzene rings is 2. The number of halogens is 2. The highest BCUT2D eigenvalue weighted by atomic mass is 35.5. The van der Waals surface area contributed by atoms with Crippen molar-refractivity contribution in [2.45, 2.75) is 26.5 Å². The molecular formula is C23H21Cl2NO6S. The van der Waals surface area contributed by atoms with Gasteiger partial charge in [-0.3, -0.25) is 14.5 Å². The molecule has 7 nitrogen and oxygen atoms in total. The van der Waals surface area contributed by atoms with Crippen LogP contribution in [0.5, 0.6) is 11.5 Å². The van der Waals surface area contributed by atoms with Gasteiger partial charge >= 0.3 is 5.97 Å². The number of rotatable bonds is 8.